The Bertz CT molecular complexity index is 453. The lowest BCUT2D eigenvalue weighted by molar-refractivity contribution is -0.384. The van der Waals surface area contributed by atoms with Crippen LogP contribution in [0.5, 0.6) is 0 Å². The van der Waals surface area contributed by atoms with Gasteiger partial charge in [0.25, 0.3) is 5.69 Å². The molecular weight excluding hydrogens is 298 g/mol. The van der Waals surface area contributed by atoms with E-state index in [4.69, 9.17) is 0 Å². The molecule has 0 aromatic heterocycles. The molecule has 1 heterocycles. The molecule has 1 fully saturated rings. The first-order valence-electron chi connectivity index (χ1n) is 5.98. The fourth-order valence-electron chi connectivity index (χ4n) is 2.34. The lowest BCUT2D eigenvalue weighted by Gasteiger charge is -2.33. The van der Waals surface area contributed by atoms with E-state index in [1.807, 2.05) is 19.2 Å². The maximum absolute atomic E-state index is 11.1. The number of anilines is 1. The Morgan fingerprint density at radius 2 is 2.33 bits per heavy atom. The van der Waals surface area contributed by atoms with Crippen LogP contribution in [0.25, 0.3) is 0 Å². The van der Waals surface area contributed by atoms with Gasteiger partial charge in [0.2, 0.25) is 0 Å². The first-order chi connectivity index (χ1) is 8.61. The topological polar surface area (TPSA) is 58.4 Å². The van der Waals surface area contributed by atoms with Crippen molar-refractivity contribution in [3.8, 4) is 0 Å². The third-order valence-corrected chi connectivity index (χ3v) is 3.80. The second kappa shape index (κ2) is 5.67. The zero-order chi connectivity index (χ0) is 13.1. The van der Waals surface area contributed by atoms with Gasteiger partial charge in [0.1, 0.15) is 5.69 Å². The van der Waals surface area contributed by atoms with E-state index in [-0.39, 0.29) is 10.6 Å². The van der Waals surface area contributed by atoms with Crippen molar-refractivity contribution in [3.63, 3.8) is 0 Å². The number of nitro benzene ring substituents is 1. The summed E-state index contributed by atoms with van der Waals surface area (Å²) in [6, 6.07) is 5.64. The quantitative estimate of drug-likeness (QED) is 0.688. The van der Waals surface area contributed by atoms with E-state index in [9.17, 15) is 10.1 Å². The molecule has 1 N–H and O–H groups in total. The van der Waals surface area contributed by atoms with Crippen molar-refractivity contribution in [3.05, 3.63) is 32.8 Å². The monoisotopic (exact) mass is 313 g/mol. The minimum atomic E-state index is -0.316. The highest BCUT2D eigenvalue weighted by molar-refractivity contribution is 9.10. The molecule has 0 spiro atoms. The Labute approximate surface area is 114 Å². The van der Waals surface area contributed by atoms with Crippen LogP contribution in [0.3, 0.4) is 0 Å². The Balaban J connectivity index is 2.29. The smallest absolute Gasteiger partial charge is 0.293 e. The molecule has 0 saturated carbocycles. The zero-order valence-corrected chi connectivity index (χ0v) is 11.8. The van der Waals surface area contributed by atoms with Crippen molar-refractivity contribution in [2.75, 3.05) is 25.0 Å². The Hall–Kier alpha value is -1.14. The van der Waals surface area contributed by atoms with Crippen molar-refractivity contribution in [1.82, 2.24) is 5.32 Å². The van der Waals surface area contributed by atoms with Crippen molar-refractivity contribution < 1.29 is 4.92 Å². The van der Waals surface area contributed by atoms with Crippen molar-refractivity contribution in [2.24, 2.45) is 0 Å². The molecule has 0 amide bonds. The molecule has 5 nitrogen and oxygen atoms in total. The van der Waals surface area contributed by atoms with Gasteiger partial charge in [-0.25, -0.2) is 0 Å². The summed E-state index contributed by atoms with van der Waals surface area (Å²) in [6.45, 7) is 1.69. The van der Waals surface area contributed by atoms with Gasteiger partial charge in [-0.15, -0.1) is 0 Å². The number of halogens is 1. The molecule has 0 radical (unpaired) electrons. The third kappa shape index (κ3) is 2.81. The largest absolute Gasteiger partial charge is 0.364 e. The van der Waals surface area contributed by atoms with Crippen LogP contribution in [0.2, 0.25) is 0 Å². The van der Waals surface area contributed by atoms with E-state index in [0.717, 1.165) is 30.4 Å². The van der Waals surface area contributed by atoms with Crippen molar-refractivity contribution in [1.29, 1.82) is 0 Å². The normalized spacial score (nSPS) is 19.9. The van der Waals surface area contributed by atoms with E-state index < -0.39 is 0 Å². The first kappa shape index (κ1) is 13.3. The van der Waals surface area contributed by atoms with Gasteiger partial charge in [-0.05, 0) is 32.0 Å². The first-order valence-corrected chi connectivity index (χ1v) is 6.77. The summed E-state index contributed by atoms with van der Waals surface area (Å²) in [5.41, 5.74) is 0.879. The highest BCUT2D eigenvalue weighted by Gasteiger charge is 2.24. The lowest BCUT2D eigenvalue weighted by atomic mass is 10.0. The number of nitrogens with one attached hydrogen (secondary N) is 1. The molecule has 1 atom stereocenters. The minimum absolute atomic E-state index is 0.168. The second-order valence-corrected chi connectivity index (χ2v) is 5.38. The van der Waals surface area contributed by atoms with E-state index in [2.05, 4.69) is 26.1 Å². The highest BCUT2D eigenvalue weighted by Crippen LogP contribution is 2.32. The molecule has 18 heavy (non-hydrogen) atoms. The van der Waals surface area contributed by atoms with Crippen molar-refractivity contribution in [2.45, 2.75) is 18.9 Å². The predicted octanol–water partition coefficient (Wildman–Crippen LogP) is 2.55. The molecule has 98 valence electrons. The summed E-state index contributed by atoms with van der Waals surface area (Å²) in [4.78, 5) is 12.9. The van der Waals surface area contributed by atoms with Gasteiger partial charge in [-0.2, -0.15) is 0 Å². The summed E-state index contributed by atoms with van der Waals surface area (Å²) in [6.07, 6.45) is 2.18. The summed E-state index contributed by atoms with van der Waals surface area (Å²) >= 11 is 3.28. The van der Waals surface area contributed by atoms with Crippen LogP contribution in [-0.2, 0) is 0 Å². The standard InChI is InChI=1S/C12H16BrN3O2/c1-14-10-3-2-6-15(8-10)11-5-4-9(13)7-12(11)16(17)18/h4-5,7,10,14H,2-3,6,8H2,1H3. The van der Waals surface area contributed by atoms with Crippen LogP contribution in [0, 0.1) is 10.1 Å². The van der Waals surface area contributed by atoms with Gasteiger partial charge < -0.3 is 10.2 Å². The molecule has 1 aromatic rings. The van der Waals surface area contributed by atoms with Crippen LogP contribution in [0.15, 0.2) is 22.7 Å². The molecule has 1 unspecified atom stereocenters. The molecule has 2 rings (SSSR count). The van der Waals surface area contributed by atoms with E-state index in [1.165, 1.54) is 0 Å². The van der Waals surface area contributed by atoms with E-state index in [0.29, 0.717) is 11.7 Å². The van der Waals surface area contributed by atoms with Gasteiger partial charge in [-0.1, -0.05) is 15.9 Å². The number of likely N-dealkylation sites (N-methyl/N-ethyl adjacent to an activating group) is 1. The zero-order valence-electron chi connectivity index (χ0n) is 10.2. The number of nitro groups is 1. The molecule has 0 bridgehead atoms. The third-order valence-electron chi connectivity index (χ3n) is 3.30. The number of hydrogen-bond acceptors (Lipinski definition) is 4. The van der Waals surface area contributed by atoms with Crippen LogP contribution >= 0.6 is 15.9 Å². The van der Waals surface area contributed by atoms with E-state index >= 15 is 0 Å². The van der Waals surface area contributed by atoms with Gasteiger partial charge >= 0.3 is 0 Å². The van der Waals surface area contributed by atoms with Gasteiger partial charge in [0.05, 0.1) is 4.92 Å². The Morgan fingerprint density at radius 3 is 3.00 bits per heavy atom. The number of piperidine rings is 1. The number of hydrogen-bond donors (Lipinski definition) is 1. The molecule has 6 heteroatoms. The molecular formula is C12H16BrN3O2. The van der Waals surface area contributed by atoms with Crippen LogP contribution in [0.4, 0.5) is 11.4 Å². The summed E-state index contributed by atoms with van der Waals surface area (Å²) in [7, 11) is 1.93. The second-order valence-electron chi connectivity index (χ2n) is 4.46. The summed E-state index contributed by atoms with van der Waals surface area (Å²) in [5, 5.41) is 14.4. The number of rotatable bonds is 3. The Kier molecular flexibility index (Phi) is 4.19. The Morgan fingerprint density at radius 1 is 1.56 bits per heavy atom. The summed E-state index contributed by atoms with van der Waals surface area (Å²) < 4.78 is 0.736. The fraction of sp³-hybridized carbons (Fsp3) is 0.500. The van der Waals surface area contributed by atoms with E-state index in [1.54, 1.807) is 6.07 Å². The minimum Gasteiger partial charge on any atom is -0.364 e. The van der Waals surface area contributed by atoms with Crippen molar-refractivity contribution >= 4 is 27.3 Å². The molecule has 1 aromatic carbocycles. The predicted molar refractivity (Wildman–Crippen MR) is 75.1 cm³/mol. The maximum Gasteiger partial charge on any atom is 0.293 e. The fourth-order valence-corrected chi connectivity index (χ4v) is 2.69. The molecule has 0 aliphatic carbocycles. The average molecular weight is 314 g/mol. The highest BCUT2D eigenvalue weighted by atomic mass is 79.9. The number of benzene rings is 1. The van der Waals surface area contributed by atoms with Crippen LogP contribution in [0.1, 0.15) is 12.8 Å². The average Bonchev–Trinajstić information content (AvgIpc) is 2.38. The number of nitrogens with zero attached hydrogens (tertiary/aromatic N) is 2. The van der Waals surface area contributed by atoms with Gasteiger partial charge in [-0.3, -0.25) is 10.1 Å². The molecule has 1 saturated heterocycles. The SMILES string of the molecule is CNC1CCCN(c2ccc(Br)cc2[N+](=O)[O-])C1. The van der Waals surface area contributed by atoms with Gasteiger partial charge in [0.15, 0.2) is 0 Å². The van der Waals surface area contributed by atoms with Gasteiger partial charge in [0, 0.05) is 29.7 Å². The lowest BCUT2D eigenvalue weighted by Crippen LogP contribution is -2.44. The maximum atomic E-state index is 11.1. The summed E-state index contributed by atoms with van der Waals surface area (Å²) in [5.74, 6) is 0. The van der Waals surface area contributed by atoms with Crippen LogP contribution in [-0.4, -0.2) is 31.1 Å². The van der Waals surface area contributed by atoms with Crippen LogP contribution < -0.4 is 10.2 Å². The molecule has 1 aliphatic heterocycles. The molecule has 1 aliphatic rings.